The fourth-order valence-corrected chi connectivity index (χ4v) is 5.88. The zero-order valence-corrected chi connectivity index (χ0v) is 26.0. The number of aliphatic hydroxyl groups excluding tert-OH is 2. The number of benzene rings is 2. The number of ketones is 2. The molecule has 0 bridgehead atoms. The lowest BCUT2D eigenvalue weighted by atomic mass is 9.68. The zero-order chi connectivity index (χ0) is 33.7. The maximum atomic E-state index is 13.5. The van der Waals surface area contributed by atoms with Crippen molar-refractivity contribution in [2.45, 2.75) is 49.9 Å². The fourth-order valence-electron chi connectivity index (χ4n) is 5.88. The number of hydrogen-bond acceptors (Lipinski definition) is 11. The van der Waals surface area contributed by atoms with Crippen molar-refractivity contribution >= 4 is 40.6 Å². The van der Waals surface area contributed by atoms with Crippen molar-refractivity contribution in [1.82, 2.24) is 5.32 Å². The molecule has 45 heavy (non-hydrogen) atoms. The van der Waals surface area contributed by atoms with E-state index >= 15 is 0 Å². The Kier molecular flexibility index (Phi) is 11.2. The molecule has 14 nitrogen and oxygen atoms in total. The number of carbonyl (C=O) groups excluding carboxylic acids is 4. The first-order valence-corrected chi connectivity index (χ1v) is 14.4. The van der Waals surface area contributed by atoms with Crippen LogP contribution in [0.2, 0.25) is 0 Å². The predicted molar refractivity (Wildman–Crippen MR) is 167 cm³/mol. The van der Waals surface area contributed by atoms with Gasteiger partial charge in [-0.05, 0) is 35.9 Å². The van der Waals surface area contributed by atoms with Crippen LogP contribution in [0.4, 0.5) is 21.9 Å². The molecule has 1 aliphatic carbocycles. The zero-order valence-electron chi connectivity index (χ0n) is 26.0. The van der Waals surface area contributed by atoms with Crippen LogP contribution in [0.25, 0.3) is 0 Å². The molecule has 1 aliphatic rings. The maximum Gasteiger partial charge on any atom is 0.319 e. The monoisotopic (exact) mass is 629 g/mol. The standard InChI is InChI=1S/C31H43N5O9/c1-35(2)20-7-5-19(6-8-20)34-29(43)33-15-18-11-23(36(3)4)21-13-30(44,14-25(40)27(21)28(18)42)17-31(45,9-10-37)22(16-38)24(39)12-26(32)41/h5-8,11,22,37-38,42,44-45H,9-10,12-17H2,1-4H3,(H2,32,41)(H2,33,34,43). The van der Waals surface area contributed by atoms with E-state index in [9.17, 15) is 44.7 Å². The number of carbonyl (C=O) groups is 4. The fraction of sp³-hybridized carbons (Fsp3) is 0.484. The lowest BCUT2D eigenvalue weighted by Crippen LogP contribution is -2.53. The molecule has 3 rings (SSSR count). The molecule has 0 heterocycles. The van der Waals surface area contributed by atoms with Gasteiger partial charge >= 0.3 is 6.03 Å². The number of fused-ring (bicyclic) bond motifs is 1. The Morgan fingerprint density at radius 2 is 1.71 bits per heavy atom. The molecule has 3 amide bonds. The van der Waals surface area contributed by atoms with Gasteiger partial charge in [0.25, 0.3) is 0 Å². The number of amides is 3. The van der Waals surface area contributed by atoms with Gasteiger partial charge in [0, 0.05) is 89.7 Å². The summed E-state index contributed by atoms with van der Waals surface area (Å²) < 4.78 is 0. The summed E-state index contributed by atoms with van der Waals surface area (Å²) in [4.78, 5) is 53.7. The van der Waals surface area contributed by atoms with Crippen LogP contribution in [0.5, 0.6) is 5.75 Å². The third kappa shape index (κ3) is 8.28. The van der Waals surface area contributed by atoms with Crippen molar-refractivity contribution in [3.63, 3.8) is 0 Å². The molecular weight excluding hydrogens is 586 g/mol. The van der Waals surface area contributed by atoms with Gasteiger partial charge in [0.15, 0.2) is 5.78 Å². The SMILES string of the molecule is CN(C)c1ccc(NC(=O)NCc2cc(N(C)C)c3c(c2O)C(=O)CC(O)(CC(O)(CCO)C(CO)C(=O)CC(N)=O)C3)cc1. The summed E-state index contributed by atoms with van der Waals surface area (Å²) in [7, 11) is 7.18. The number of aliphatic hydroxyl groups is 4. The molecule has 14 heteroatoms. The van der Waals surface area contributed by atoms with Gasteiger partial charge in [-0.3, -0.25) is 14.4 Å². The highest BCUT2D eigenvalue weighted by Gasteiger charge is 2.50. The quantitative estimate of drug-likeness (QED) is 0.132. The lowest BCUT2D eigenvalue weighted by molar-refractivity contribution is -0.148. The summed E-state index contributed by atoms with van der Waals surface area (Å²) in [5, 5.41) is 59.3. The molecule has 0 saturated heterocycles. The number of primary amides is 1. The van der Waals surface area contributed by atoms with Crippen molar-refractivity contribution in [1.29, 1.82) is 0 Å². The number of phenolic OH excluding ortho intramolecular Hbond substituents is 1. The molecule has 3 atom stereocenters. The van der Waals surface area contributed by atoms with Gasteiger partial charge in [-0.15, -0.1) is 0 Å². The van der Waals surface area contributed by atoms with Crippen LogP contribution >= 0.6 is 0 Å². The van der Waals surface area contributed by atoms with Crippen LogP contribution in [0.15, 0.2) is 30.3 Å². The van der Waals surface area contributed by atoms with Crippen molar-refractivity contribution in [3.05, 3.63) is 47.0 Å². The number of phenols is 1. The normalized spacial score (nSPS) is 17.9. The van der Waals surface area contributed by atoms with Crippen LogP contribution < -0.4 is 26.2 Å². The number of aromatic hydroxyl groups is 1. The Hall–Kier alpha value is -4.24. The number of nitrogens with two attached hydrogens (primary N) is 1. The number of rotatable bonds is 14. The Morgan fingerprint density at radius 3 is 2.24 bits per heavy atom. The minimum absolute atomic E-state index is 0.0448. The Labute approximate surface area is 261 Å². The molecule has 0 spiro atoms. The number of anilines is 3. The van der Waals surface area contributed by atoms with Gasteiger partial charge in [-0.1, -0.05) is 0 Å². The molecule has 0 aliphatic heterocycles. The van der Waals surface area contributed by atoms with Crippen LogP contribution in [-0.2, 0) is 22.6 Å². The molecule has 0 aromatic heterocycles. The van der Waals surface area contributed by atoms with E-state index in [1.807, 2.05) is 31.1 Å². The number of nitrogens with zero attached hydrogens (tertiary/aromatic N) is 2. The second-order valence-corrected chi connectivity index (χ2v) is 12.0. The van der Waals surface area contributed by atoms with Gasteiger partial charge < -0.3 is 51.7 Å². The van der Waals surface area contributed by atoms with E-state index in [1.165, 1.54) is 0 Å². The predicted octanol–water partition coefficient (Wildman–Crippen LogP) is 0.263. The third-order valence-corrected chi connectivity index (χ3v) is 8.05. The number of Topliss-reactive ketones (excluding diaryl/α,β-unsaturated/α-hetero) is 2. The Bertz CT molecular complexity index is 1430. The van der Waals surface area contributed by atoms with Crippen LogP contribution in [0.1, 0.15) is 47.2 Å². The van der Waals surface area contributed by atoms with Crippen LogP contribution in [0, 0.1) is 5.92 Å². The molecule has 2 aromatic carbocycles. The molecule has 3 unspecified atom stereocenters. The first-order chi connectivity index (χ1) is 21.0. The van der Waals surface area contributed by atoms with E-state index in [4.69, 9.17) is 5.73 Å². The first-order valence-electron chi connectivity index (χ1n) is 14.4. The highest BCUT2D eigenvalue weighted by atomic mass is 16.3. The second-order valence-electron chi connectivity index (χ2n) is 12.0. The highest BCUT2D eigenvalue weighted by molar-refractivity contribution is 6.04. The van der Waals surface area contributed by atoms with Gasteiger partial charge in [0.2, 0.25) is 5.91 Å². The molecule has 0 saturated carbocycles. The maximum absolute atomic E-state index is 13.5. The van der Waals surface area contributed by atoms with Gasteiger partial charge in [-0.25, -0.2) is 4.79 Å². The molecule has 0 fully saturated rings. The smallest absolute Gasteiger partial charge is 0.319 e. The van der Waals surface area contributed by atoms with E-state index in [1.54, 1.807) is 37.2 Å². The van der Waals surface area contributed by atoms with Gasteiger partial charge in [-0.2, -0.15) is 0 Å². The average molecular weight is 630 g/mol. The van der Waals surface area contributed by atoms with E-state index in [2.05, 4.69) is 10.6 Å². The topological polar surface area (TPSA) is 226 Å². The summed E-state index contributed by atoms with van der Waals surface area (Å²) in [6, 6.07) is 8.21. The molecule has 9 N–H and O–H groups in total. The van der Waals surface area contributed by atoms with Crippen molar-refractivity contribution in [2.75, 3.05) is 56.5 Å². The van der Waals surface area contributed by atoms with Crippen LogP contribution in [0.3, 0.4) is 0 Å². The van der Waals surface area contributed by atoms with E-state index < -0.39 is 79.5 Å². The van der Waals surface area contributed by atoms with Crippen LogP contribution in [-0.4, -0.2) is 102 Å². The number of urea groups is 1. The van der Waals surface area contributed by atoms with E-state index in [0.717, 1.165) is 5.69 Å². The second kappa shape index (κ2) is 14.2. The van der Waals surface area contributed by atoms with Crippen molar-refractivity contribution < 1.29 is 44.7 Å². The molecule has 246 valence electrons. The first kappa shape index (κ1) is 35.2. The minimum Gasteiger partial charge on any atom is -0.507 e. The third-order valence-electron chi connectivity index (χ3n) is 8.05. The number of hydrogen-bond donors (Lipinski definition) is 8. The van der Waals surface area contributed by atoms with E-state index in [0.29, 0.717) is 11.4 Å². The number of nitrogens with one attached hydrogen (secondary N) is 2. The summed E-state index contributed by atoms with van der Waals surface area (Å²) in [6.45, 7) is -1.64. The Morgan fingerprint density at radius 1 is 1.07 bits per heavy atom. The summed E-state index contributed by atoms with van der Waals surface area (Å²) >= 11 is 0. The van der Waals surface area contributed by atoms with Gasteiger partial charge in [0.05, 0.1) is 35.7 Å². The molecular formula is C31H43N5O9. The largest absolute Gasteiger partial charge is 0.507 e. The average Bonchev–Trinajstić information content (AvgIpc) is 2.92. The molecule has 0 radical (unpaired) electrons. The summed E-state index contributed by atoms with van der Waals surface area (Å²) in [6.07, 6.45) is -2.60. The summed E-state index contributed by atoms with van der Waals surface area (Å²) in [5.74, 6) is -4.43. The van der Waals surface area contributed by atoms with E-state index in [-0.39, 0.29) is 35.4 Å². The minimum atomic E-state index is -2.19. The van der Waals surface area contributed by atoms with Crippen molar-refractivity contribution in [3.8, 4) is 5.75 Å². The van der Waals surface area contributed by atoms with Crippen molar-refractivity contribution in [2.24, 2.45) is 11.7 Å². The lowest BCUT2D eigenvalue weighted by Gasteiger charge is -2.43. The highest BCUT2D eigenvalue weighted by Crippen LogP contribution is 2.45. The summed E-state index contributed by atoms with van der Waals surface area (Å²) in [5.41, 5.74) is 3.43. The Balaban J connectivity index is 1.88. The molecule has 2 aromatic rings. The van der Waals surface area contributed by atoms with Gasteiger partial charge in [0.1, 0.15) is 11.5 Å².